The summed E-state index contributed by atoms with van der Waals surface area (Å²) in [5.74, 6) is 1.88. The normalized spacial score (nSPS) is 16.2. The highest BCUT2D eigenvalue weighted by Gasteiger charge is 2.22. The third-order valence-electron chi connectivity index (χ3n) is 4.53. The standard InChI is InChI=1S/C17H22ClN5O/c1-13-19-20-16(21(13)2)12-22-8-5-9-23(11-10-22)17(24)14-6-3-4-7-15(14)18/h3-4,6-7H,5,8-12H2,1-2H3. The molecule has 6 nitrogen and oxygen atoms in total. The maximum absolute atomic E-state index is 12.7. The van der Waals surface area contributed by atoms with Crippen LogP contribution < -0.4 is 0 Å². The molecule has 0 N–H and O–H groups in total. The van der Waals surface area contributed by atoms with Gasteiger partial charge in [0, 0.05) is 33.2 Å². The minimum absolute atomic E-state index is 0.0111. The molecule has 2 aromatic rings. The molecule has 1 aliphatic heterocycles. The van der Waals surface area contributed by atoms with Gasteiger partial charge >= 0.3 is 0 Å². The molecule has 1 amide bonds. The lowest BCUT2D eigenvalue weighted by atomic mass is 10.2. The van der Waals surface area contributed by atoms with Crippen LogP contribution in [0.2, 0.25) is 5.02 Å². The highest BCUT2D eigenvalue weighted by molar-refractivity contribution is 6.33. The summed E-state index contributed by atoms with van der Waals surface area (Å²) in [5, 5.41) is 8.84. The Morgan fingerprint density at radius 2 is 1.96 bits per heavy atom. The molecule has 0 aliphatic carbocycles. The molecule has 0 saturated carbocycles. The highest BCUT2D eigenvalue weighted by Crippen LogP contribution is 2.18. The highest BCUT2D eigenvalue weighted by atomic mass is 35.5. The Kier molecular flexibility index (Phi) is 5.16. The minimum Gasteiger partial charge on any atom is -0.337 e. The van der Waals surface area contributed by atoms with Crippen LogP contribution in [0.4, 0.5) is 0 Å². The molecule has 0 bridgehead atoms. The molecule has 1 fully saturated rings. The van der Waals surface area contributed by atoms with E-state index in [4.69, 9.17) is 11.6 Å². The molecule has 1 aromatic carbocycles. The lowest BCUT2D eigenvalue weighted by Gasteiger charge is -2.22. The van der Waals surface area contributed by atoms with Gasteiger partial charge in [-0.05, 0) is 25.5 Å². The number of carbonyl (C=O) groups excluding carboxylic acids is 1. The van der Waals surface area contributed by atoms with Crippen molar-refractivity contribution < 1.29 is 4.79 Å². The number of aromatic nitrogens is 3. The van der Waals surface area contributed by atoms with Crippen molar-refractivity contribution in [3.63, 3.8) is 0 Å². The molecule has 2 heterocycles. The summed E-state index contributed by atoms with van der Waals surface area (Å²) >= 11 is 6.16. The molecule has 1 aliphatic rings. The summed E-state index contributed by atoms with van der Waals surface area (Å²) in [5.41, 5.74) is 0.580. The van der Waals surface area contributed by atoms with Crippen molar-refractivity contribution in [2.45, 2.75) is 19.9 Å². The second kappa shape index (κ2) is 7.32. The third kappa shape index (κ3) is 3.60. The number of hydrogen-bond acceptors (Lipinski definition) is 4. The van der Waals surface area contributed by atoms with Crippen LogP contribution in [-0.2, 0) is 13.6 Å². The fourth-order valence-corrected chi connectivity index (χ4v) is 3.14. The number of benzene rings is 1. The average Bonchev–Trinajstić information content (AvgIpc) is 2.79. The van der Waals surface area contributed by atoms with Gasteiger partial charge in [0.15, 0.2) is 0 Å². The van der Waals surface area contributed by atoms with Gasteiger partial charge in [-0.2, -0.15) is 0 Å². The Bertz CT molecular complexity index is 730. The van der Waals surface area contributed by atoms with Crippen LogP contribution in [-0.4, -0.2) is 56.7 Å². The van der Waals surface area contributed by atoms with E-state index in [1.165, 1.54) is 0 Å². The number of halogens is 1. The first kappa shape index (κ1) is 16.9. The van der Waals surface area contributed by atoms with Crippen molar-refractivity contribution in [1.29, 1.82) is 0 Å². The number of nitrogens with zero attached hydrogens (tertiary/aromatic N) is 5. The molecule has 0 atom stereocenters. The average molecular weight is 348 g/mol. The van der Waals surface area contributed by atoms with Crippen molar-refractivity contribution in [1.82, 2.24) is 24.6 Å². The smallest absolute Gasteiger partial charge is 0.255 e. The van der Waals surface area contributed by atoms with Gasteiger partial charge in [-0.25, -0.2) is 0 Å². The van der Waals surface area contributed by atoms with Crippen molar-refractivity contribution >= 4 is 17.5 Å². The zero-order valence-electron chi connectivity index (χ0n) is 14.1. The number of hydrogen-bond donors (Lipinski definition) is 0. The maximum Gasteiger partial charge on any atom is 0.255 e. The number of aryl methyl sites for hydroxylation is 1. The molecule has 0 unspecified atom stereocenters. The van der Waals surface area contributed by atoms with Gasteiger partial charge in [0.1, 0.15) is 11.6 Å². The van der Waals surface area contributed by atoms with Gasteiger partial charge in [0.05, 0.1) is 17.1 Å². The van der Waals surface area contributed by atoms with Crippen molar-refractivity contribution in [3.8, 4) is 0 Å². The molecule has 128 valence electrons. The van der Waals surface area contributed by atoms with Crippen LogP contribution in [0.25, 0.3) is 0 Å². The van der Waals surface area contributed by atoms with Crippen LogP contribution in [0.1, 0.15) is 28.4 Å². The summed E-state index contributed by atoms with van der Waals surface area (Å²) in [7, 11) is 1.98. The van der Waals surface area contributed by atoms with E-state index >= 15 is 0 Å². The molecule has 7 heteroatoms. The Morgan fingerprint density at radius 1 is 1.17 bits per heavy atom. The van der Waals surface area contributed by atoms with Crippen molar-refractivity contribution in [2.24, 2.45) is 7.05 Å². The quantitative estimate of drug-likeness (QED) is 0.853. The van der Waals surface area contributed by atoms with Gasteiger partial charge < -0.3 is 9.47 Å². The van der Waals surface area contributed by atoms with Crippen molar-refractivity contribution in [3.05, 3.63) is 46.5 Å². The molecule has 1 saturated heterocycles. The SMILES string of the molecule is Cc1nnc(CN2CCCN(C(=O)c3ccccc3Cl)CC2)n1C. The minimum atomic E-state index is 0.0111. The predicted octanol–water partition coefficient (Wildman–Crippen LogP) is 2.13. The van der Waals surface area contributed by atoms with Crippen molar-refractivity contribution in [2.75, 3.05) is 26.2 Å². The van der Waals surface area contributed by atoms with Crippen LogP contribution in [0.15, 0.2) is 24.3 Å². The van der Waals surface area contributed by atoms with Crippen LogP contribution >= 0.6 is 11.6 Å². The van der Waals surface area contributed by atoms with Gasteiger partial charge in [0.25, 0.3) is 5.91 Å². The zero-order chi connectivity index (χ0) is 17.1. The second-order valence-electron chi connectivity index (χ2n) is 6.12. The second-order valence-corrected chi connectivity index (χ2v) is 6.53. The van der Waals surface area contributed by atoms with Crippen LogP contribution in [0.5, 0.6) is 0 Å². The van der Waals surface area contributed by atoms with Gasteiger partial charge in [0.2, 0.25) is 0 Å². The Balaban J connectivity index is 1.64. The topological polar surface area (TPSA) is 54.3 Å². The largest absolute Gasteiger partial charge is 0.337 e. The summed E-state index contributed by atoms with van der Waals surface area (Å²) in [6.45, 7) is 5.91. The van der Waals surface area contributed by atoms with Gasteiger partial charge in [-0.3, -0.25) is 9.69 Å². The first-order valence-electron chi connectivity index (χ1n) is 8.17. The van der Waals surface area contributed by atoms with E-state index in [1.54, 1.807) is 12.1 Å². The Hall–Kier alpha value is -1.92. The van der Waals surface area contributed by atoms with Gasteiger partial charge in [-0.1, -0.05) is 23.7 Å². The monoisotopic (exact) mass is 347 g/mol. The summed E-state index contributed by atoms with van der Waals surface area (Å²) < 4.78 is 2.01. The molecule has 0 radical (unpaired) electrons. The summed E-state index contributed by atoms with van der Waals surface area (Å²) in [4.78, 5) is 16.9. The van der Waals surface area contributed by atoms with E-state index in [0.717, 1.165) is 44.2 Å². The summed E-state index contributed by atoms with van der Waals surface area (Å²) in [6.07, 6.45) is 0.938. The lowest BCUT2D eigenvalue weighted by Crippen LogP contribution is -2.35. The first-order chi connectivity index (χ1) is 11.6. The fraction of sp³-hybridized carbons (Fsp3) is 0.471. The number of amides is 1. The van der Waals surface area contributed by atoms with E-state index in [9.17, 15) is 4.79 Å². The third-order valence-corrected chi connectivity index (χ3v) is 4.86. The maximum atomic E-state index is 12.7. The predicted molar refractivity (Wildman–Crippen MR) is 93.0 cm³/mol. The Morgan fingerprint density at radius 3 is 2.67 bits per heavy atom. The molecular weight excluding hydrogens is 326 g/mol. The van der Waals surface area contributed by atoms with E-state index < -0.39 is 0 Å². The number of rotatable bonds is 3. The molecule has 1 aromatic heterocycles. The molecule has 3 rings (SSSR count). The fourth-order valence-electron chi connectivity index (χ4n) is 2.93. The van der Waals surface area contributed by atoms with Crippen LogP contribution in [0, 0.1) is 6.92 Å². The molecule has 24 heavy (non-hydrogen) atoms. The van der Waals surface area contributed by atoms with E-state index in [-0.39, 0.29) is 5.91 Å². The zero-order valence-corrected chi connectivity index (χ0v) is 14.8. The lowest BCUT2D eigenvalue weighted by molar-refractivity contribution is 0.0761. The van der Waals surface area contributed by atoms with E-state index in [1.807, 2.05) is 35.6 Å². The first-order valence-corrected chi connectivity index (χ1v) is 8.55. The van der Waals surface area contributed by atoms with E-state index in [0.29, 0.717) is 17.1 Å². The van der Waals surface area contributed by atoms with E-state index in [2.05, 4.69) is 15.1 Å². The van der Waals surface area contributed by atoms with Crippen LogP contribution in [0.3, 0.4) is 0 Å². The Labute approximate surface area is 147 Å². The van der Waals surface area contributed by atoms with Gasteiger partial charge in [-0.15, -0.1) is 10.2 Å². The summed E-state index contributed by atoms with van der Waals surface area (Å²) in [6, 6.07) is 7.23. The number of carbonyl (C=O) groups is 1. The molecular formula is C17H22ClN5O. The molecule has 0 spiro atoms.